The number of nitrogens with zero attached hydrogens (tertiary/aromatic N) is 2. The predicted molar refractivity (Wildman–Crippen MR) is 83.4 cm³/mol. The van der Waals surface area contributed by atoms with E-state index in [4.69, 9.17) is 0 Å². The van der Waals surface area contributed by atoms with Crippen molar-refractivity contribution >= 4 is 28.7 Å². The van der Waals surface area contributed by atoms with Gasteiger partial charge in [-0.1, -0.05) is 12.1 Å². The number of thioether (sulfide) groups is 1. The minimum atomic E-state index is -2.63. The largest absolute Gasteiger partial charge is 0.345 e. The van der Waals surface area contributed by atoms with Crippen molar-refractivity contribution in [3.8, 4) is 0 Å². The van der Waals surface area contributed by atoms with Gasteiger partial charge in [-0.05, 0) is 36.0 Å². The maximum absolute atomic E-state index is 12.5. The van der Waals surface area contributed by atoms with Crippen molar-refractivity contribution in [3.63, 3.8) is 0 Å². The van der Waals surface area contributed by atoms with Crippen LogP contribution in [0.25, 0.3) is 11.0 Å². The molecule has 23 heavy (non-hydrogen) atoms. The molecule has 0 unspecified atom stereocenters. The molecule has 0 aliphatic carbocycles. The van der Waals surface area contributed by atoms with E-state index in [1.54, 1.807) is 0 Å². The van der Waals surface area contributed by atoms with Crippen LogP contribution in [0, 0.1) is 0 Å². The number of aromatic amines is 1. The number of fused-ring (bicyclic) bond motifs is 1. The van der Waals surface area contributed by atoms with Gasteiger partial charge in [-0.2, -0.15) is 8.78 Å². The van der Waals surface area contributed by atoms with Gasteiger partial charge < -0.3 is 10.3 Å². The summed E-state index contributed by atoms with van der Waals surface area (Å²) < 4.78 is 25.0. The molecular formula is C15H12F2N4OS. The van der Waals surface area contributed by atoms with Crippen LogP contribution in [0.1, 0.15) is 16.2 Å². The first-order chi connectivity index (χ1) is 11.1. The highest BCUT2D eigenvalue weighted by Gasteiger charge is 2.16. The predicted octanol–water partition coefficient (Wildman–Crippen LogP) is 3.20. The minimum Gasteiger partial charge on any atom is -0.345 e. The maximum Gasteiger partial charge on any atom is 0.290 e. The number of alkyl halides is 2. The standard InChI is InChI=1S/C15H12F2N4OS/c16-15(17)23-14-9(4-3-7-18-14)13(22)19-8-12-20-10-5-1-2-6-11(10)21-12/h1-7,15H,8H2,(H,19,22)(H,20,21). The Morgan fingerprint density at radius 2 is 2.09 bits per heavy atom. The molecule has 2 N–H and O–H groups in total. The Kier molecular flexibility index (Phi) is 4.52. The molecule has 3 rings (SSSR count). The number of carbonyl (C=O) groups is 1. The van der Waals surface area contributed by atoms with Crippen LogP contribution >= 0.6 is 11.8 Å². The zero-order valence-electron chi connectivity index (χ0n) is 11.8. The number of hydrogen-bond donors (Lipinski definition) is 2. The smallest absolute Gasteiger partial charge is 0.290 e. The van der Waals surface area contributed by atoms with Gasteiger partial charge in [0, 0.05) is 6.20 Å². The molecule has 0 radical (unpaired) electrons. The van der Waals surface area contributed by atoms with E-state index >= 15 is 0 Å². The fourth-order valence-electron chi connectivity index (χ4n) is 2.09. The van der Waals surface area contributed by atoms with Gasteiger partial charge in [-0.15, -0.1) is 0 Å². The molecule has 0 aliphatic rings. The molecule has 0 aliphatic heterocycles. The first-order valence-electron chi connectivity index (χ1n) is 6.75. The molecule has 0 fully saturated rings. The van der Waals surface area contributed by atoms with Crippen molar-refractivity contribution in [2.45, 2.75) is 17.3 Å². The lowest BCUT2D eigenvalue weighted by Crippen LogP contribution is -2.24. The van der Waals surface area contributed by atoms with Gasteiger partial charge in [0.1, 0.15) is 10.9 Å². The van der Waals surface area contributed by atoms with E-state index in [2.05, 4.69) is 20.3 Å². The molecule has 2 heterocycles. The number of nitrogens with one attached hydrogen (secondary N) is 2. The average molecular weight is 334 g/mol. The Hall–Kier alpha value is -2.48. The number of amides is 1. The third-order valence-electron chi connectivity index (χ3n) is 3.07. The lowest BCUT2D eigenvalue weighted by molar-refractivity contribution is 0.0946. The van der Waals surface area contributed by atoms with E-state index in [0.29, 0.717) is 5.82 Å². The zero-order chi connectivity index (χ0) is 16.2. The van der Waals surface area contributed by atoms with Crippen LogP contribution in [0.2, 0.25) is 0 Å². The Morgan fingerprint density at radius 3 is 2.87 bits per heavy atom. The molecule has 1 amide bonds. The van der Waals surface area contributed by atoms with Gasteiger partial charge in [0.05, 0.1) is 23.1 Å². The lowest BCUT2D eigenvalue weighted by Gasteiger charge is -2.07. The van der Waals surface area contributed by atoms with Gasteiger partial charge >= 0.3 is 0 Å². The third-order valence-corrected chi connectivity index (χ3v) is 3.80. The molecule has 8 heteroatoms. The van der Waals surface area contributed by atoms with E-state index in [0.717, 1.165) is 11.0 Å². The van der Waals surface area contributed by atoms with Crippen LogP contribution in [0.5, 0.6) is 0 Å². The van der Waals surface area contributed by atoms with Crippen LogP contribution in [0.15, 0.2) is 47.6 Å². The number of hydrogen-bond acceptors (Lipinski definition) is 4. The maximum atomic E-state index is 12.5. The monoisotopic (exact) mass is 334 g/mol. The minimum absolute atomic E-state index is 0.00426. The summed E-state index contributed by atoms with van der Waals surface area (Å²) in [5, 5.41) is 2.66. The van der Waals surface area contributed by atoms with Crippen LogP contribution in [-0.4, -0.2) is 26.6 Å². The van der Waals surface area contributed by atoms with E-state index in [1.807, 2.05) is 24.3 Å². The highest BCUT2D eigenvalue weighted by atomic mass is 32.2. The van der Waals surface area contributed by atoms with Crippen molar-refractivity contribution < 1.29 is 13.6 Å². The SMILES string of the molecule is O=C(NCc1nc2ccccc2[nH]1)c1cccnc1SC(F)F. The number of para-hydroxylation sites is 2. The van der Waals surface area contributed by atoms with Gasteiger partial charge in [0.25, 0.3) is 11.7 Å². The second kappa shape index (κ2) is 6.74. The number of carbonyl (C=O) groups excluding carboxylic acids is 1. The van der Waals surface area contributed by atoms with Crippen molar-refractivity contribution in [2.75, 3.05) is 0 Å². The summed E-state index contributed by atoms with van der Waals surface area (Å²) in [6.07, 6.45) is 1.38. The molecule has 0 spiro atoms. The van der Waals surface area contributed by atoms with Crippen LogP contribution in [0.3, 0.4) is 0 Å². The molecule has 3 aromatic rings. The summed E-state index contributed by atoms with van der Waals surface area (Å²) in [4.78, 5) is 23.4. The van der Waals surface area contributed by atoms with E-state index in [1.165, 1.54) is 18.3 Å². The Morgan fingerprint density at radius 1 is 1.26 bits per heavy atom. The molecule has 118 valence electrons. The molecule has 0 saturated heterocycles. The summed E-state index contributed by atoms with van der Waals surface area (Å²) in [6.45, 7) is 0.168. The number of pyridine rings is 1. The Labute approximate surface area is 134 Å². The second-order valence-corrected chi connectivity index (χ2v) is 5.60. The van der Waals surface area contributed by atoms with E-state index in [-0.39, 0.29) is 28.9 Å². The van der Waals surface area contributed by atoms with E-state index < -0.39 is 11.7 Å². The summed E-state index contributed by atoms with van der Waals surface area (Å²) in [5.74, 6) is -2.51. The highest BCUT2D eigenvalue weighted by Crippen LogP contribution is 2.26. The fraction of sp³-hybridized carbons (Fsp3) is 0.133. The highest BCUT2D eigenvalue weighted by molar-refractivity contribution is 7.99. The van der Waals surface area contributed by atoms with Gasteiger partial charge in [-0.25, -0.2) is 9.97 Å². The number of rotatable bonds is 5. The summed E-state index contributed by atoms with van der Waals surface area (Å²) >= 11 is 0.250. The van der Waals surface area contributed by atoms with E-state index in [9.17, 15) is 13.6 Å². The quantitative estimate of drug-likeness (QED) is 0.703. The number of H-pyrrole nitrogens is 1. The molecule has 2 aromatic heterocycles. The molecular weight excluding hydrogens is 322 g/mol. The van der Waals surface area contributed by atoms with Gasteiger partial charge in [0.2, 0.25) is 0 Å². The summed E-state index contributed by atoms with van der Waals surface area (Å²) in [6, 6.07) is 10.5. The molecule has 0 saturated carbocycles. The van der Waals surface area contributed by atoms with Crippen LogP contribution in [0.4, 0.5) is 8.78 Å². The number of halogens is 2. The Bertz CT molecular complexity index is 804. The first kappa shape index (κ1) is 15.4. The summed E-state index contributed by atoms with van der Waals surface area (Å²) in [7, 11) is 0. The third kappa shape index (κ3) is 3.65. The Balaban J connectivity index is 1.72. The second-order valence-electron chi connectivity index (χ2n) is 4.62. The lowest BCUT2D eigenvalue weighted by atomic mass is 10.2. The van der Waals surface area contributed by atoms with Crippen molar-refractivity contribution in [3.05, 3.63) is 54.0 Å². The van der Waals surface area contributed by atoms with Crippen molar-refractivity contribution in [2.24, 2.45) is 0 Å². The van der Waals surface area contributed by atoms with Gasteiger partial charge in [0.15, 0.2) is 0 Å². The van der Waals surface area contributed by atoms with Gasteiger partial charge in [-0.3, -0.25) is 4.79 Å². The average Bonchev–Trinajstić information content (AvgIpc) is 2.95. The normalized spacial score (nSPS) is 11.1. The number of benzene rings is 1. The zero-order valence-corrected chi connectivity index (χ0v) is 12.6. The molecule has 0 bridgehead atoms. The summed E-state index contributed by atoms with van der Waals surface area (Å²) in [5.41, 5.74) is 1.79. The first-order valence-corrected chi connectivity index (χ1v) is 7.63. The number of aromatic nitrogens is 3. The molecule has 5 nitrogen and oxygen atoms in total. The van der Waals surface area contributed by atoms with Crippen LogP contribution < -0.4 is 5.32 Å². The van der Waals surface area contributed by atoms with Crippen molar-refractivity contribution in [1.29, 1.82) is 0 Å². The van der Waals surface area contributed by atoms with Crippen molar-refractivity contribution in [1.82, 2.24) is 20.3 Å². The fourth-order valence-corrected chi connectivity index (χ4v) is 2.67. The molecule has 1 aromatic carbocycles. The van der Waals surface area contributed by atoms with Crippen LogP contribution in [-0.2, 0) is 6.54 Å². The topological polar surface area (TPSA) is 70.7 Å². The molecule has 0 atom stereocenters. The number of imidazole rings is 1.